The molecule has 0 radical (unpaired) electrons. The maximum absolute atomic E-state index is 12.3. The second kappa shape index (κ2) is 6.23. The largest absolute Gasteiger partial charge is 0.465 e. The number of carboxylic acid groups (broad SMARTS) is 1. The lowest BCUT2D eigenvalue weighted by Gasteiger charge is -2.39. The molecule has 2 N–H and O–H groups in total. The van der Waals surface area contributed by atoms with E-state index in [1.807, 2.05) is 0 Å². The molecule has 1 heterocycles. The van der Waals surface area contributed by atoms with Crippen LogP contribution in [0, 0.1) is 0 Å². The zero-order valence-corrected chi connectivity index (χ0v) is 12.3. The van der Waals surface area contributed by atoms with E-state index in [2.05, 4.69) is 15.9 Å². The number of carbonyl (C=O) groups is 2. The Kier molecular flexibility index (Phi) is 4.61. The van der Waals surface area contributed by atoms with Gasteiger partial charge in [-0.1, -0.05) is 15.9 Å². The number of hydrogen-bond acceptors (Lipinski definition) is 3. The molecule has 20 heavy (non-hydrogen) atoms. The molecule has 6 nitrogen and oxygen atoms in total. The van der Waals surface area contributed by atoms with Gasteiger partial charge in [0.25, 0.3) is 5.91 Å². The summed E-state index contributed by atoms with van der Waals surface area (Å²) >= 11 is 3.31. The molecule has 0 aromatic heterocycles. The quantitative estimate of drug-likeness (QED) is 0.847. The number of hydrogen-bond donors (Lipinski definition) is 2. The van der Waals surface area contributed by atoms with Crippen LogP contribution in [0.2, 0.25) is 0 Å². The van der Waals surface area contributed by atoms with Gasteiger partial charge in [0.2, 0.25) is 0 Å². The van der Waals surface area contributed by atoms with Crippen LogP contribution in [0.25, 0.3) is 0 Å². The van der Waals surface area contributed by atoms with Crippen LogP contribution in [0.4, 0.5) is 4.79 Å². The zero-order chi connectivity index (χ0) is 14.7. The summed E-state index contributed by atoms with van der Waals surface area (Å²) in [7, 11) is 0. The van der Waals surface area contributed by atoms with Crippen molar-refractivity contribution in [2.45, 2.75) is 6.04 Å². The molecule has 0 saturated carbocycles. The lowest BCUT2D eigenvalue weighted by Crippen LogP contribution is -2.57. The summed E-state index contributed by atoms with van der Waals surface area (Å²) in [6.07, 6.45) is -1.07. The first-order chi connectivity index (χ1) is 9.52. The van der Waals surface area contributed by atoms with Gasteiger partial charge in [-0.05, 0) is 24.3 Å². The zero-order valence-electron chi connectivity index (χ0n) is 10.7. The molecule has 2 rings (SSSR count). The molecule has 0 spiro atoms. The van der Waals surface area contributed by atoms with Crippen LogP contribution in [-0.4, -0.2) is 64.3 Å². The number of piperazine rings is 1. The van der Waals surface area contributed by atoms with Gasteiger partial charge in [0.15, 0.2) is 0 Å². The highest BCUT2D eigenvalue weighted by Crippen LogP contribution is 2.16. The second-order valence-corrected chi connectivity index (χ2v) is 5.49. The van der Waals surface area contributed by atoms with Crippen LogP contribution < -0.4 is 0 Å². The average molecular weight is 343 g/mol. The van der Waals surface area contributed by atoms with Gasteiger partial charge in [0, 0.05) is 29.7 Å². The third kappa shape index (κ3) is 3.10. The van der Waals surface area contributed by atoms with E-state index in [4.69, 9.17) is 5.11 Å². The van der Waals surface area contributed by atoms with Crippen LogP contribution in [0.5, 0.6) is 0 Å². The normalized spacial score (nSPS) is 19.0. The van der Waals surface area contributed by atoms with Crippen LogP contribution >= 0.6 is 15.9 Å². The molecule has 1 aromatic rings. The molecule has 2 amide bonds. The fraction of sp³-hybridized carbons (Fsp3) is 0.385. The molecular formula is C13H15BrN2O4. The number of benzene rings is 1. The van der Waals surface area contributed by atoms with E-state index in [9.17, 15) is 14.7 Å². The summed E-state index contributed by atoms with van der Waals surface area (Å²) in [6, 6.07) is 6.42. The highest BCUT2D eigenvalue weighted by Gasteiger charge is 2.32. The molecule has 0 bridgehead atoms. The van der Waals surface area contributed by atoms with Gasteiger partial charge in [-0.2, -0.15) is 0 Å². The number of rotatable bonds is 2. The Hall–Kier alpha value is -1.60. The first kappa shape index (κ1) is 14.8. The molecular weight excluding hydrogens is 328 g/mol. The molecule has 1 fully saturated rings. The Morgan fingerprint density at radius 3 is 2.45 bits per heavy atom. The maximum atomic E-state index is 12.3. The van der Waals surface area contributed by atoms with Gasteiger partial charge in [0.1, 0.15) is 0 Å². The third-order valence-electron chi connectivity index (χ3n) is 3.32. The minimum absolute atomic E-state index is 0.152. The van der Waals surface area contributed by atoms with Crippen molar-refractivity contribution in [2.24, 2.45) is 0 Å². The van der Waals surface area contributed by atoms with Crippen LogP contribution in [0.1, 0.15) is 10.4 Å². The summed E-state index contributed by atoms with van der Waals surface area (Å²) in [4.78, 5) is 26.1. The third-order valence-corrected chi connectivity index (χ3v) is 3.85. The van der Waals surface area contributed by atoms with Gasteiger partial charge < -0.3 is 15.1 Å². The van der Waals surface area contributed by atoms with Gasteiger partial charge in [-0.3, -0.25) is 9.69 Å². The first-order valence-electron chi connectivity index (χ1n) is 6.18. The minimum atomic E-state index is -1.07. The van der Waals surface area contributed by atoms with Crippen molar-refractivity contribution in [3.05, 3.63) is 34.3 Å². The molecule has 0 aliphatic carbocycles. The maximum Gasteiger partial charge on any atom is 0.407 e. The predicted octanol–water partition coefficient (Wildman–Crippen LogP) is 1.25. The van der Waals surface area contributed by atoms with E-state index >= 15 is 0 Å². The lowest BCUT2D eigenvalue weighted by atomic mass is 10.1. The van der Waals surface area contributed by atoms with Gasteiger partial charge in [-0.15, -0.1) is 0 Å². The van der Waals surface area contributed by atoms with Crippen molar-refractivity contribution in [1.82, 2.24) is 9.80 Å². The Balaban J connectivity index is 2.09. The monoisotopic (exact) mass is 342 g/mol. The molecule has 0 unspecified atom stereocenters. The number of aliphatic hydroxyl groups excluding tert-OH is 1. The van der Waals surface area contributed by atoms with Crippen molar-refractivity contribution in [3.63, 3.8) is 0 Å². The van der Waals surface area contributed by atoms with Crippen LogP contribution in [-0.2, 0) is 0 Å². The Bertz CT molecular complexity index is 506. The Labute approximate surface area is 124 Å². The highest BCUT2D eigenvalue weighted by atomic mass is 79.9. The Morgan fingerprint density at radius 1 is 1.25 bits per heavy atom. The highest BCUT2D eigenvalue weighted by molar-refractivity contribution is 9.10. The minimum Gasteiger partial charge on any atom is -0.465 e. The topological polar surface area (TPSA) is 81.1 Å². The van der Waals surface area contributed by atoms with Crippen molar-refractivity contribution < 1.29 is 19.8 Å². The molecule has 1 aromatic carbocycles. The van der Waals surface area contributed by atoms with Crippen molar-refractivity contribution >= 4 is 27.9 Å². The summed E-state index contributed by atoms with van der Waals surface area (Å²) in [5.74, 6) is -0.152. The van der Waals surface area contributed by atoms with Gasteiger partial charge >= 0.3 is 6.09 Å². The summed E-state index contributed by atoms with van der Waals surface area (Å²) < 4.78 is 0.887. The standard InChI is InChI=1S/C13H15BrN2O4/c14-10-3-1-9(2-4-10)12(18)15-5-6-16(13(19)20)11(7-15)8-17/h1-4,11,17H,5-8H2,(H,19,20)/t11-/m1/s1. The van der Waals surface area contributed by atoms with Crippen molar-refractivity contribution in [1.29, 1.82) is 0 Å². The molecule has 1 atom stereocenters. The van der Waals surface area contributed by atoms with E-state index in [0.717, 1.165) is 4.47 Å². The fourth-order valence-electron chi connectivity index (χ4n) is 2.22. The molecule has 1 aliphatic heterocycles. The summed E-state index contributed by atoms with van der Waals surface area (Å²) in [5.41, 5.74) is 0.550. The van der Waals surface area contributed by atoms with Crippen LogP contribution in [0.15, 0.2) is 28.7 Å². The Morgan fingerprint density at radius 2 is 1.90 bits per heavy atom. The summed E-state index contributed by atoms with van der Waals surface area (Å²) in [5, 5.41) is 18.3. The molecule has 7 heteroatoms. The smallest absolute Gasteiger partial charge is 0.407 e. The number of halogens is 1. The lowest BCUT2D eigenvalue weighted by molar-refractivity contribution is 0.0338. The van der Waals surface area contributed by atoms with E-state index in [-0.39, 0.29) is 25.6 Å². The number of carbonyl (C=O) groups excluding carboxylic acids is 1. The summed E-state index contributed by atoms with van der Waals surface area (Å²) in [6.45, 7) is 0.453. The molecule has 1 aliphatic rings. The van der Waals surface area contributed by atoms with E-state index in [1.165, 1.54) is 4.90 Å². The predicted molar refractivity (Wildman–Crippen MR) is 75.7 cm³/mol. The van der Waals surface area contributed by atoms with Gasteiger partial charge in [-0.25, -0.2) is 4.79 Å². The SMILES string of the molecule is O=C(c1ccc(Br)cc1)N1CCN(C(=O)O)[C@@H](CO)C1. The van der Waals surface area contributed by atoms with E-state index in [0.29, 0.717) is 12.1 Å². The number of amides is 2. The van der Waals surface area contributed by atoms with E-state index in [1.54, 1.807) is 29.2 Å². The van der Waals surface area contributed by atoms with E-state index < -0.39 is 12.1 Å². The fourth-order valence-corrected chi connectivity index (χ4v) is 2.49. The number of aliphatic hydroxyl groups is 1. The van der Waals surface area contributed by atoms with Crippen LogP contribution in [0.3, 0.4) is 0 Å². The average Bonchev–Trinajstić information content (AvgIpc) is 2.46. The van der Waals surface area contributed by atoms with Crippen molar-refractivity contribution in [2.75, 3.05) is 26.2 Å². The second-order valence-electron chi connectivity index (χ2n) is 4.57. The number of nitrogens with zero attached hydrogens (tertiary/aromatic N) is 2. The molecule has 1 saturated heterocycles. The first-order valence-corrected chi connectivity index (χ1v) is 6.97. The van der Waals surface area contributed by atoms with Crippen molar-refractivity contribution in [3.8, 4) is 0 Å². The molecule has 108 valence electrons. The van der Waals surface area contributed by atoms with Gasteiger partial charge in [0.05, 0.1) is 12.6 Å².